The van der Waals surface area contributed by atoms with Gasteiger partial charge in [0.05, 0.1) is 5.56 Å². The van der Waals surface area contributed by atoms with E-state index in [1.165, 1.54) is 36.7 Å². The third-order valence-electron chi connectivity index (χ3n) is 2.95. The first kappa shape index (κ1) is 14.1. The van der Waals surface area contributed by atoms with Crippen molar-refractivity contribution in [1.29, 1.82) is 0 Å². The van der Waals surface area contributed by atoms with Crippen LogP contribution in [-0.4, -0.2) is 16.1 Å². The summed E-state index contributed by atoms with van der Waals surface area (Å²) in [5, 5.41) is 8.91. The Kier molecular flexibility index (Phi) is 4.71. The number of pyridine rings is 1. The van der Waals surface area contributed by atoms with E-state index >= 15 is 0 Å². The number of aryl methyl sites for hydroxylation is 1. The van der Waals surface area contributed by atoms with E-state index < -0.39 is 5.97 Å². The maximum Gasteiger partial charge on any atom is 0.335 e. The van der Waals surface area contributed by atoms with Crippen molar-refractivity contribution in [3.63, 3.8) is 0 Å². The molecule has 1 N–H and O–H groups in total. The number of hydrogen-bond acceptors (Lipinski definition) is 3. The Morgan fingerprint density at radius 1 is 1.25 bits per heavy atom. The van der Waals surface area contributed by atoms with Gasteiger partial charge in [0, 0.05) is 12.3 Å². The predicted molar refractivity (Wildman–Crippen MR) is 76.3 cm³/mol. The van der Waals surface area contributed by atoms with Gasteiger partial charge in [-0.25, -0.2) is 9.78 Å². The number of aromatic nitrogens is 1. The average Bonchev–Trinajstić information content (AvgIpc) is 2.47. The number of benzene rings is 1. The largest absolute Gasteiger partial charge is 0.478 e. The molecule has 0 aliphatic heterocycles. The molecule has 0 spiro atoms. The van der Waals surface area contributed by atoms with Gasteiger partial charge in [0.1, 0.15) is 5.75 Å². The van der Waals surface area contributed by atoms with Crippen molar-refractivity contribution in [1.82, 2.24) is 4.98 Å². The summed E-state index contributed by atoms with van der Waals surface area (Å²) in [6, 6.07) is 10.6. The fraction of sp³-hybridized carbons (Fsp3) is 0.250. The highest BCUT2D eigenvalue weighted by atomic mass is 16.5. The number of carbonyl (C=O) groups is 1. The lowest BCUT2D eigenvalue weighted by atomic mass is 10.1. The monoisotopic (exact) mass is 271 g/mol. The molecule has 0 radical (unpaired) electrons. The molecule has 0 atom stereocenters. The molecule has 104 valence electrons. The van der Waals surface area contributed by atoms with Gasteiger partial charge in [-0.15, -0.1) is 0 Å². The minimum absolute atomic E-state index is 0.162. The molecule has 0 bridgehead atoms. The molecule has 1 aromatic heterocycles. The first-order valence-corrected chi connectivity index (χ1v) is 6.65. The lowest BCUT2D eigenvalue weighted by molar-refractivity contribution is 0.0696. The zero-order chi connectivity index (χ0) is 14.4. The van der Waals surface area contributed by atoms with Gasteiger partial charge in [0.2, 0.25) is 5.88 Å². The lowest BCUT2D eigenvalue weighted by Crippen LogP contribution is -1.97. The van der Waals surface area contributed by atoms with E-state index in [4.69, 9.17) is 9.84 Å². The van der Waals surface area contributed by atoms with E-state index in [9.17, 15) is 4.79 Å². The zero-order valence-electron chi connectivity index (χ0n) is 11.4. The van der Waals surface area contributed by atoms with Crippen molar-refractivity contribution in [2.45, 2.75) is 26.2 Å². The van der Waals surface area contributed by atoms with Crippen molar-refractivity contribution in [3.8, 4) is 11.6 Å². The molecular weight excluding hydrogens is 254 g/mol. The van der Waals surface area contributed by atoms with Gasteiger partial charge in [-0.05, 0) is 36.6 Å². The Morgan fingerprint density at radius 3 is 2.65 bits per heavy atom. The van der Waals surface area contributed by atoms with Gasteiger partial charge >= 0.3 is 5.97 Å². The Labute approximate surface area is 118 Å². The fourth-order valence-electron chi connectivity index (χ4n) is 1.82. The minimum Gasteiger partial charge on any atom is -0.478 e. The second-order valence-electron chi connectivity index (χ2n) is 4.54. The van der Waals surface area contributed by atoms with Crippen LogP contribution >= 0.6 is 0 Å². The van der Waals surface area contributed by atoms with Gasteiger partial charge in [-0.2, -0.15) is 0 Å². The normalized spacial score (nSPS) is 10.2. The number of ether oxygens (including phenoxy) is 1. The first-order chi connectivity index (χ1) is 9.69. The van der Waals surface area contributed by atoms with E-state index in [1.807, 2.05) is 24.3 Å². The molecule has 1 heterocycles. The number of aromatic carboxylic acids is 1. The molecule has 0 amide bonds. The highest BCUT2D eigenvalue weighted by Gasteiger charge is 2.05. The quantitative estimate of drug-likeness (QED) is 0.865. The number of carboxylic acids is 1. The van der Waals surface area contributed by atoms with Crippen LogP contribution < -0.4 is 4.74 Å². The molecule has 4 nitrogen and oxygen atoms in total. The molecule has 0 fully saturated rings. The molecule has 2 aromatic rings. The molecule has 0 aliphatic carbocycles. The van der Waals surface area contributed by atoms with E-state index in [0.29, 0.717) is 5.75 Å². The molecule has 20 heavy (non-hydrogen) atoms. The van der Waals surface area contributed by atoms with Crippen LogP contribution in [0.4, 0.5) is 0 Å². The maximum absolute atomic E-state index is 10.9. The summed E-state index contributed by atoms with van der Waals surface area (Å²) in [5.41, 5.74) is 1.43. The highest BCUT2D eigenvalue weighted by Crippen LogP contribution is 2.21. The zero-order valence-corrected chi connectivity index (χ0v) is 11.4. The summed E-state index contributed by atoms with van der Waals surface area (Å²) < 4.78 is 5.55. The highest BCUT2D eigenvalue weighted by molar-refractivity contribution is 5.87. The maximum atomic E-state index is 10.9. The summed E-state index contributed by atoms with van der Waals surface area (Å²) in [5.74, 6) is -0.0568. The molecule has 0 saturated heterocycles. The van der Waals surface area contributed by atoms with Crippen LogP contribution in [0.15, 0.2) is 42.6 Å². The van der Waals surface area contributed by atoms with Gasteiger partial charge < -0.3 is 9.84 Å². The van der Waals surface area contributed by atoms with E-state index in [2.05, 4.69) is 11.9 Å². The van der Waals surface area contributed by atoms with Crippen LogP contribution in [-0.2, 0) is 6.42 Å². The van der Waals surface area contributed by atoms with Crippen LogP contribution in [0.3, 0.4) is 0 Å². The summed E-state index contributed by atoms with van der Waals surface area (Å²) in [7, 11) is 0. The Bertz CT molecular complexity index is 579. The Morgan fingerprint density at radius 2 is 2.00 bits per heavy atom. The third-order valence-corrected chi connectivity index (χ3v) is 2.95. The molecule has 4 heteroatoms. The second-order valence-corrected chi connectivity index (χ2v) is 4.54. The number of rotatable bonds is 6. The van der Waals surface area contributed by atoms with Gasteiger partial charge in [-0.3, -0.25) is 0 Å². The Balaban J connectivity index is 2.06. The number of hydrogen-bond donors (Lipinski definition) is 1. The molecule has 0 aliphatic rings. The number of unbranched alkanes of at least 4 members (excludes halogenated alkanes) is 1. The van der Waals surface area contributed by atoms with Crippen LogP contribution in [0.2, 0.25) is 0 Å². The number of carboxylic acid groups (broad SMARTS) is 1. The second kappa shape index (κ2) is 6.70. The first-order valence-electron chi connectivity index (χ1n) is 6.65. The SMILES string of the molecule is CCCCc1ccc(Oc2cc(C(=O)O)ccn2)cc1. The van der Waals surface area contributed by atoms with Crippen LogP contribution in [0, 0.1) is 0 Å². The summed E-state index contributed by atoms with van der Waals surface area (Å²) >= 11 is 0. The predicted octanol–water partition coefficient (Wildman–Crippen LogP) is 3.91. The molecule has 0 unspecified atom stereocenters. The molecular formula is C16H17NO3. The van der Waals surface area contributed by atoms with Gasteiger partial charge in [-0.1, -0.05) is 25.5 Å². The van der Waals surface area contributed by atoms with Gasteiger partial charge in [0.15, 0.2) is 0 Å². The topological polar surface area (TPSA) is 59.4 Å². The minimum atomic E-state index is -0.993. The van der Waals surface area contributed by atoms with E-state index in [1.54, 1.807) is 0 Å². The summed E-state index contributed by atoms with van der Waals surface area (Å²) in [6.45, 7) is 2.17. The standard InChI is InChI=1S/C16H17NO3/c1-2-3-4-12-5-7-14(8-6-12)20-15-11-13(16(18)19)9-10-17-15/h5-11H,2-4H2,1H3,(H,18,19). The van der Waals surface area contributed by atoms with Crippen LogP contribution in [0.1, 0.15) is 35.7 Å². The van der Waals surface area contributed by atoms with Crippen LogP contribution in [0.5, 0.6) is 11.6 Å². The van der Waals surface area contributed by atoms with E-state index in [-0.39, 0.29) is 11.4 Å². The average molecular weight is 271 g/mol. The molecule has 2 rings (SSSR count). The van der Waals surface area contributed by atoms with Gasteiger partial charge in [0.25, 0.3) is 0 Å². The van der Waals surface area contributed by atoms with Crippen molar-refractivity contribution in [3.05, 3.63) is 53.7 Å². The molecule has 0 saturated carbocycles. The molecule has 1 aromatic carbocycles. The third kappa shape index (κ3) is 3.82. The van der Waals surface area contributed by atoms with Crippen molar-refractivity contribution >= 4 is 5.97 Å². The smallest absolute Gasteiger partial charge is 0.335 e. The summed E-state index contributed by atoms with van der Waals surface area (Å²) in [4.78, 5) is 14.9. The van der Waals surface area contributed by atoms with Crippen LogP contribution in [0.25, 0.3) is 0 Å². The number of nitrogens with zero attached hydrogens (tertiary/aromatic N) is 1. The summed E-state index contributed by atoms with van der Waals surface area (Å²) in [6.07, 6.45) is 4.82. The van der Waals surface area contributed by atoms with Crippen molar-refractivity contribution in [2.75, 3.05) is 0 Å². The van der Waals surface area contributed by atoms with E-state index in [0.717, 1.165) is 6.42 Å². The van der Waals surface area contributed by atoms with Crippen molar-refractivity contribution < 1.29 is 14.6 Å². The Hall–Kier alpha value is -2.36. The van der Waals surface area contributed by atoms with Crippen molar-refractivity contribution in [2.24, 2.45) is 0 Å². The fourth-order valence-corrected chi connectivity index (χ4v) is 1.82. The lowest BCUT2D eigenvalue weighted by Gasteiger charge is -2.06.